The summed E-state index contributed by atoms with van der Waals surface area (Å²) in [6.45, 7) is 2.00. The van der Waals surface area contributed by atoms with Crippen LogP contribution in [0.5, 0.6) is 0 Å². The number of aryl methyl sites for hydroxylation is 1. The van der Waals surface area contributed by atoms with E-state index >= 15 is 0 Å². The highest BCUT2D eigenvalue weighted by atomic mass is 32.2. The van der Waals surface area contributed by atoms with E-state index in [-0.39, 0.29) is 0 Å². The van der Waals surface area contributed by atoms with Gasteiger partial charge in [0.2, 0.25) is 0 Å². The number of pyridine rings is 1. The highest BCUT2D eigenvalue weighted by molar-refractivity contribution is 8.12. The lowest BCUT2D eigenvalue weighted by Gasteiger charge is -2.25. The molecule has 5 nitrogen and oxygen atoms in total. The first-order valence-corrected chi connectivity index (χ1v) is 9.37. The normalized spacial score (nSPS) is 14.5. The molecule has 0 saturated heterocycles. The average molecular weight is 352 g/mol. The molecule has 0 spiro atoms. The lowest BCUT2D eigenvalue weighted by atomic mass is 9.85. The summed E-state index contributed by atoms with van der Waals surface area (Å²) in [6, 6.07) is 10.2. The van der Waals surface area contributed by atoms with Gasteiger partial charge in [-0.2, -0.15) is 0 Å². The van der Waals surface area contributed by atoms with E-state index in [0.29, 0.717) is 5.92 Å². The zero-order chi connectivity index (χ0) is 17.4. The third kappa shape index (κ3) is 2.80. The van der Waals surface area contributed by atoms with Crippen molar-refractivity contribution in [1.29, 1.82) is 0 Å². The number of nitrogens with zero attached hydrogens (tertiary/aromatic N) is 3. The van der Waals surface area contributed by atoms with Crippen LogP contribution in [0.1, 0.15) is 36.7 Å². The van der Waals surface area contributed by atoms with Crippen LogP contribution < -0.4 is 5.32 Å². The molecule has 2 aromatic heterocycles. The number of hydrogen-bond acceptors (Lipinski definition) is 5. The van der Waals surface area contributed by atoms with Gasteiger partial charge in [0, 0.05) is 29.2 Å². The molecule has 128 valence electrons. The van der Waals surface area contributed by atoms with Crippen molar-refractivity contribution in [3.05, 3.63) is 41.9 Å². The van der Waals surface area contributed by atoms with Gasteiger partial charge < -0.3 is 5.32 Å². The number of hydrogen-bond donors (Lipinski definition) is 1. The molecule has 0 radical (unpaired) electrons. The second-order valence-electron chi connectivity index (χ2n) is 6.37. The maximum atomic E-state index is 11.0. The summed E-state index contributed by atoms with van der Waals surface area (Å²) in [6.07, 6.45) is 3.60. The van der Waals surface area contributed by atoms with Crippen LogP contribution >= 0.6 is 11.8 Å². The summed E-state index contributed by atoms with van der Waals surface area (Å²) >= 11 is 1.18. The van der Waals surface area contributed by atoms with Crippen LogP contribution in [0, 0.1) is 6.92 Å². The molecule has 0 aliphatic heterocycles. The molecular formula is C19H20N4OS. The molecule has 1 aliphatic carbocycles. The fourth-order valence-electron chi connectivity index (χ4n) is 3.27. The van der Waals surface area contributed by atoms with E-state index in [1.165, 1.54) is 31.0 Å². The highest BCUT2D eigenvalue weighted by Gasteiger charge is 2.27. The van der Waals surface area contributed by atoms with Crippen LogP contribution in [0.15, 0.2) is 35.2 Å². The summed E-state index contributed by atoms with van der Waals surface area (Å²) in [7, 11) is 1.86. The first-order chi connectivity index (χ1) is 12.2. The van der Waals surface area contributed by atoms with Crippen LogP contribution in [-0.2, 0) is 4.79 Å². The zero-order valence-electron chi connectivity index (χ0n) is 14.3. The van der Waals surface area contributed by atoms with Crippen molar-refractivity contribution in [3.63, 3.8) is 0 Å². The lowest BCUT2D eigenvalue weighted by molar-refractivity contribution is 0.399. The van der Waals surface area contributed by atoms with Gasteiger partial charge >= 0.3 is 0 Å². The fourth-order valence-corrected chi connectivity index (χ4v) is 3.86. The van der Waals surface area contributed by atoms with Gasteiger partial charge in [0.25, 0.3) is 0 Å². The van der Waals surface area contributed by atoms with Gasteiger partial charge in [-0.1, -0.05) is 18.2 Å². The molecule has 1 saturated carbocycles. The minimum absolute atomic E-state index is 0.487. The van der Waals surface area contributed by atoms with E-state index in [2.05, 4.69) is 16.0 Å². The van der Waals surface area contributed by atoms with Gasteiger partial charge in [0.05, 0.1) is 5.69 Å². The molecule has 0 atom stereocenters. The molecule has 2 heterocycles. The number of aromatic nitrogens is 3. The minimum Gasteiger partial charge on any atom is -0.387 e. The van der Waals surface area contributed by atoms with E-state index in [9.17, 15) is 4.79 Å². The highest BCUT2D eigenvalue weighted by Crippen LogP contribution is 2.39. The van der Waals surface area contributed by atoms with E-state index < -0.39 is 0 Å². The smallest absolute Gasteiger partial charge is 0.181 e. The Labute approximate surface area is 150 Å². The van der Waals surface area contributed by atoms with E-state index in [1.807, 2.05) is 38.2 Å². The molecule has 0 amide bonds. The molecule has 0 bridgehead atoms. The third-order valence-corrected chi connectivity index (χ3v) is 5.50. The van der Waals surface area contributed by atoms with Gasteiger partial charge in [0.1, 0.15) is 11.3 Å². The Bertz CT molecular complexity index is 946. The second-order valence-corrected chi connectivity index (χ2v) is 7.24. The number of nitrogens with one attached hydrogen (secondary N) is 1. The van der Waals surface area contributed by atoms with Gasteiger partial charge in [-0.3, -0.25) is 9.36 Å². The molecule has 4 rings (SSSR count). The molecular weight excluding hydrogens is 332 g/mol. The largest absolute Gasteiger partial charge is 0.387 e. The van der Waals surface area contributed by atoms with Gasteiger partial charge in [-0.05, 0) is 50.1 Å². The monoisotopic (exact) mass is 352 g/mol. The Balaban J connectivity index is 1.94. The standard InChI is InChI=1S/C19H20N4OS/c1-12-6-8-16-19(21-12)23(18(22-16)13-4-3-5-13)14-7-9-15(20-2)17(10-14)25-11-24/h6-11,13,20H,3-5H2,1-2H3. The van der Waals surface area contributed by atoms with Crippen molar-refractivity contribution < 1.29 is 4.79 Å². The van der Waals surface area contributed by atoms with Crippen LogP contribution in [-0.4, -0.2) is 27.2 Å². The molecule has 0 unspecified atom stereocenters. The molecule has 1 N–H and O–H groups in total. The first kappa shape index (κ1) is 16.1. The maximum Gasteiger partial charge on any atom is 0.181 e. The number of anilines is 1. The molecule has 1 aromatic carbocycles. The molecule has 3 aromatic rings. The van der Waals surface area contributed by atoms with Crippen LogP contribution in [0.25, 0.3) is 16.9 Å². The fraction of sp³-hybridized carbons (Fsp3) is 0.316. The van der Waals surface area contributed by atoms with Crippen molar-refractivity contribution >= 4 is 34.2 Å². The quantitative estimate of drug-likeness (QED) is 0.547. The van der Waals surface area contributed by atoms with Crippen molar-refractivity contribution in [2.24, 2.45) is 0 Å². The summed E-state index contributed by atoms with van der Waals surface area (Å²) in [4.78, 5) is 21.6. The number of fused-ring (bicyclic) bond motifs is 1. The summed E-state index contributed by atoms with van der Waals surface area (Å²) in [5.41, 5.74) is 5.60. The molecule has 25 heavy (non-hydrogen) atoms. The SMILES string of the molecule is CNc1ccc(-n2c(C3CCC3)nc3ccc(C)nc32)cc1SC=O. The average Bonchev–Trinajstić information content (AvgIpc) is 2.91. The third-order valence-electron chi connectivity index (χ3n) is 4.81. The van der Waals surface area contributed by atoms with Crippen LogP contribution in [0.4, 0.5) is 5.69 Å². The number of carbonyl (C=O) groups is 1. The molecule has 1 fully saturated rings. The predicted octanol–water partition coefficient (Wildman–Crippen LogP) is 4.32. The van der Waals surface area contributed by atoms with Crippen molar-refractivity contribution in [2.45, 2.75) is 37.0 Å². The molecule has 1 aliphatic rings. The minimum atomic E-state index is 0.487. The van der Waals surface area contributed by atoms with Crippen molar-refractivity contribution in [1.82, 2.24) is 14.5 Å². The summed E-state index contributed by atoms with van der Waals surface area (Å²) < 4.78 is 2.17. The Hall–Kier alpha value is -2.34. The summed E-state index contributed by atoms with van der Waals surface area (Å²) in [5, 5.41) is 3.14. The number of carbonyl (C=O) groups excluding carboxylic acids is 1. The Morgan fingerprint density at radius 3 is 2.76 bits per heavy atom. The van der Waals surface area contributed by atoms with Crippen LogP contribution in [0.3, 0.4) is 0 Å². The topological polar surface area (TPSA) is 59.8 Å². The second kappa shape index (κ2) is 6.52. The first-order valence-electron chi connectivity index (χ1n) is 8.49. The van der Waals surface area contributed by atoms with Gasteiger partial charge in [-0.15, -0.1) is 0 Å². The predicted molar refractivity (Wildman–Crippen MR) is 102 cm³/mol. The van der Waals surface area contributed by atoms with Gasteiger partial charge in [0.15, 0.2) is 11.3 Å². The summed E-state index contributed by atoms with van der Waals surface area (Å²) in [5.74, 6) is 1.57. The van der Waals surface area contributed by atoms with E-state index in [1.54, 1.807) is 0 Å². The van der Waals surface area contributed by atoms with E-state index in [0.717, 1.165) is 44.6 Å². The Morgan fingerprint density at radius 1 is 1.24 bits per heavy atom. The maximum absolute atomic E-state index is 11.0. The zero-order valence-corrected chi connectivity index (χ0v) is 15.1. The van der Waals surface area contributed by atoms with Crippen LogP contribution in [0.2, 0.25) is 0 Å². The van der Waals surface area contributed by atoms with Crippen molar-refractivity contribution in [3.8, 4) is 5.69 Å². The Morgan fingerprint density at radius 2 is 2.08 bits per heavy atom. The number of benzene rings is 1. The molecule has 6 heteroatoms. The van der Waals surface area contributed by atoms with Crippen molar-refractivity contribution in [2.75, 3.05) is 12.4 Å². The Kier molecular flexibility index (Phi) is 4.21. The number of rotatable bonds is 5. The number of imidazole rings is 1. The van der Waals surface area contributed by atoms with E-state index in [4.69, 9.17) is 9.97 Å². The number of thioether (sulfide) groups is 1. The lowest BCUT2D eigenvalue weighted by Crippen LogP contribution is -2.15. The van der Waals surface area contributed by atoms with Gasteiger partial charge in [-0.25, -0.2) is 9.97 Å².